The maximum absolute atomic E-state index is 12.4. The van der Waals surface area contributed by atoms with Crippen LogP contribution in [0.4, 0.5) is 0 Å². The van der Waals surface area contributed by atoms with Gasteiger partial charge in [0.15, 0.2) is 0 Å². The van der Waals surface area contributed by atoms with Crippen molar-refractivity contribution in [2.45, 2.75) is 90.9 Å². The van der Waals surface area contributed by atoms with Gasteiger partial charge in [0.1, 0.15) is 11.5 Å². The fourth-order valence-electron chi connectivity index (χ4n) is 3.95. The molecule has 6 nitrogen and oxygen atoms in total. The number of carbonyl (C=O) groups is 2. The molecule has 42 heavy (non-hydrogen) atoms. The van der Waals surface area contributed by atoms with E-state index in [9.17, 15) is 9.59 Å². The monoisotopic (exact) mass is 578 g/mol. The van der Waals surface area contributed by atoms with Crippen LogP contribution in [-0.4, -0.2) is 35.4 Å². The predicted molar refractivity (Wildman–Crippen MR) is 170 cm³/mol. The van der Waals surface area contributed by atoms with Crippen molar-refractivity contribution in [2.24, 2.45) is 0 Å². The molecule has 0 atom stereocenters. The van der Waals surface area contributed by atoms with Gasteiger partial charge in [-0.1, -0.05) is 127 Å². The van der Waals surface area contributed by atoms with E-state index in [1.165, 1.54) is 51.4 Å². The number of esters is 2. The molecule has 6 heteroatoms. The van der Waals surface area contributed by atoms with E-state index >= 15 is 0 Å². The maximum atomic E-state index is 12.4. The van der Waals surface area contributed by atoms with Gasteiger partial charge in [0.25, 0.3) is 0 Å². The first kappa shape index (κ1) is 36.2. The van der Waals surface area contributed by atoms with E-state index in [0.717, 1.165) is 25.7 Å². The lowest BCUT2D eigenvalue weighted by Gasteiger charge is -2.10. The number of benzene rings is 3. The Balaban J connectivity index is 0.000000504. The molecule has 0 unspecified atom stereocenters. The molecular weight excluding hydrogens is 528 g/mol. The van der Waals surface area contributed by atoms with Crippen LogP contribution in [0.25, 0.3) is 0 Å². The van der Waals surface area contributed by atoms with Crippen molar-refractivity contribution in [1.82, 2.24) is 0 Å². The van der Waals surface area contributed by atoms with E-state index in [4.69, 9.17) is 19.7 Å². The van der Waals surface area contributed by atoms with Crippen LogP contribution < -0.4 is 0 Å². The normalized spacial score (nSPS) is 9.95. The minimum atomic E-state index is -0.444. The minimum absolute atomic E-state index is 0.293. The third-order valence-electron chi connectivity index (χ3n) is 6.34. The zero-order chi connectivity index (χ0) is 30.7. The summed E-state index contributed by atoms with van der Waals surface area (Å²) in [4.78, 5) is 24.7. The lowest BCUT2D eigenvalue weighted by molar-refractivity contribution is 0.0450. The van der Waals surface area contributed by atoms with Gasteiger partial charge in [0, 0.05) is 0 Å². The maximum Gasteiger partial charge on any atom is 0.339 e. The lowest BCUT2D eigenvalue weighted by Crippen LogP contribution is -2.15. The Morgan fingerprint density at radius 1 is 0.476 bits per heavy atom. The van der Waals surface area contributed by atoms with Crippen molar-refractivity contribution in [3.63, 3.8) is 0 Å². The highest BCUT2D eigenvalue weighted by atomic mass is 16.5. The van der Waals surface area contributed by atoms with Crippen molar-refractivity contribution in [3.8, 4) is 11.5 Å². The molecular formula is C36H50O6. The van der Waals surface area contributed by atoms with Crippen LogP contribution in [0.5, 0.6) is 11.5 Å². The van der Waals surface area contributed by atoms with E-state index in [1.807, 2.05) is 12.1 Å². The average molecular weight is 579 g/mol. The number of carbonyl (C=O) groups excluding carboxylic acids is 2. The number of ether oxygens (including phenoxy) is 2. The number of hydrogen-bond donors (Lipinski definition) is 2. The lowest BCUT2D eigenvalue weighted by atomic mass is 10.1. The Morgan fingerprint density at radius 3 is 1.10 bits per heavy atom. The third kappa shape index (κ3) is 18.5. The molecule has 3 rings (SSSR count). The first-order chi connectivity index (χ1) is 20.5. The Bertz CT molecular complexity index is 982. The number of unbranched alkanes of at least 4 members (excludes halogenated alkanes) is 10. The highest BCUT2D eigenvalue weighted by Gasteiger charge is 2.18. The molecule has 230 valence electrons. The first-order valence-corrected chi connectivity index (χ1v) is 15.4. The second-order valence-corrected chi connectivity index (χ2v) is 10.0. The zero-order valence-corrected chi connectivity index (χ0v) is 25.5. The van der Waals surface area contributed by atoms with Crippen molar-refractivity contribution < 1.29 is 29.3 Å². The molecule has 0 saturated carbocycles. The van der Waals surface area contributed by atoms with Gasteiger partial charge in [0.2, 0.25) is 0 Å². The topological polar surface area (TPSA) is 93.1 Å². The Kier molecular flexibility index (Phi) is 21.5. The van der Waals surface area contributed by atoms with Gasteiger partial charge in [-0.05, 0) is 49.2 Å². The fraction of sp³-hybridized carbons (Fsp3) is 0.444. The summed E-state index contributed by atoms with van der Waals surface area (Å²) < 4.78 is 10.7. The zero-order valence-electron chi connectivity index (χ0n) is 25.5. The summed E-state index contributed by atoms with van der Waals surface area (Å²) in [6.07, 6.45) is 13.6. The Labute approximate surface area is 252 Å². The molecule has 0 bridgehead atoms. The van der Waals surface area contributed by atoms with E-state index in [2.05, 4.69) is 13.8 Å². The molecule has 0 fully saturated rings. The summed E-state index contributed by atoms with van der Waals surface area (Å²) >= 11 is 0. The summed E-state index contributed by atoms with van der Waals surface area (Å²) in [5.74, 6) is -0.244. The van der Waals surface area contributed by atoms with Gasteiger partial charge in [-0.25, -0.2) is 9.59 Å². The smallest absolute Gasteiger partial charge is 0.339 e. The van der Waals surface area contributed by atoms with Crippen LogP contribution in [0.1, 0.15) is 112 Å². The number of phenolic OH excluding ortho intramolecular Hbond substituents is 2. The summed E-state index contributed by atoms with van der Waals surface area (Å²) in [6.45, 7) is 5.17. The molecule has 2 N–H and O–H groups in total. The van der Waals surface area contributed by atoms with Crippen LogP contribution in [0.2, 0.25) is 0 Å². The summed E-state index contributed by atoms with van der Waals surface area (Å²) in [7, 11) is 0. The molecule has 0 saturated heterocycles. The number of rotatable bonds is 16. The van der Waals surface area contributed by atoms with E-state index in [1.54, 1.807) is 72.8 Å². The largest absolute Gasteiger partial charge is 0.508 e. The van der Waals surface area contributed by atoms with Gasteiger partial charge in [-0.3, -0.25) is 0 Å². The van der Waals surface area contributed by atoms with E-state index < -0.39 is 11.9 Å². The van der Waals surface area contributed by atoms with Crippen LogP contribution in [0.15, 0.2) is 84.9 Å². The number of hydrogen-bond acceptors (Lipinski definition) is 6. The SMILES string of the molecule is CCCCCCCCOC(=O)c1ccccc1C(=O)OCCCCCCCC.Oc1ccccc1.Oc1ccccc1. The number of phenols is 2. The highest BCUT2D eigenvalue weighted by Crippen LogP contribution is 2.14. The first-order valence-electron chi connectivity index (χ1n) is 15.4. The van der Waals surface area contributed by atoms with Gasteiger partial charge >= 0.3 is 11.9 Å². The molecule has 0 aliphatic heterocycles. The molecule has 0 radical (unpaired) electrons. The van der Waals surface area contributed by atoms with Gasteiger partial charge in [-0.15, -0.1) is 0 Å². The van der Waals surface area contributed by atoms with Crippen LogP contribution in [0.3, 0.4) is 0 Å². The molecule has 0 aliphatic carbocycles. The molecule has 0 amide bonds. The molecule has 0 spiro atoms. The second kappa shape index (κ2) is 25.0. The van der Waals surface area contributed by atoms with Gasteiger partial charge < -0.3 is 19.7 Å². The molecule has 0 aromatic heterocycles. The van der Waals surface area contributed by atoms with Crippen LogP contribution in [-0.2, 0) is 9.47 Å². The molecule has 3 aromatic carbocycles. The fourth-order valence-corrected chi connectivity index (χ4v) is 3.95. The van der Waals surface area contributed by atoms with Crippen molar-refractivity contribution >= 4 is 11.9 Å². The van der Waals surface area contributed by atoms with Gasteiger partial charge in [-0.2, -0.15) is 0 Å². The van der Waals surface area contributed by atoms with Crippen molar-refractivity contribution in [2.75, 3.05) is 13.2 Å². The summed E-state index contributed by atoms with van der Waals surface area (Å²) in [6, 6.07) is 24.2. The molecule has 3 aromatic rings. The summed E-state index contributed by atoms with van der Waals surface area (Å²) in [5.41, 5.74) is 0.586. The quantitative estimate of drug-likeness (QED) is 0.130. The van der Waals surface area contributed by atoms with E-state index in [-0.39, 0.29) is 0 Å². The van der Waals surface area contributed by atoms with E-state index in [0.29, 0.717) is 35.8 Å². The Morgan fingerprint density at radius 2 is 0.786 bits per heavy atom. The Hall–Kier alpha value is -3.80. The van der Waals surface area contributed by atoms with Crippen LogP contribution >= 0.6 is 0 Å². The highest BCUT2D eigenvalue weighted by molar-refractivity contribution is 6.03. The van der Waals surface area contributed by atoms with Crippen molar-refractivity contribution in [3.05, 3.63) is 96.1 Å². The molecule has 0 heterocycles. The molecule has 0 aliphatic rings. The minimum Gasteiger partial charge on any atom is -0.508 e. The number of para-hydroxylation sites is 2. The van der Waals surface area contributed by atoms with Crippen LogP contribution in [0, 0.1) is 0 Å². The standard InChI is InChI=1S/C24H38O4.2C6H6O/c1-3-5-7-9-11-15-19-27-23(25)21-17-13-14-18-22(21)24(26)28-20-16-12-10-8-6-4-2;2*7-6-4-2-1-3-5-6/h13-14,17-18H,3-12,15-16,19-20H2,1-2H3;2*1-5,7H. The predicted octanol–water partition coefficient (Wildman–Crippen LogP) is 9.51. The average Bonchev–Trinajstić information content (AvgIpc) is 3.01. The third-order valence-corrected chi connectivity index (χ3v) is 6.34. The van der Waals surface area contributed by atoms with Crippen molar-refractivity contribution in [1.29, 1.82) is 0 Å². The number of aromatic hydroxyl groups is 2. The summed E-state index contributed by atoms with van der Waals surface area (Å²) in [5, 5.41) is 17.3. The second-order valence-electron chi connectivity index (χ2n) is 10.0. The van der Waals surface area contributed by atoms with Gasteiger partial charge in [0.05, 0.1) is 24.3 Å².